The van der Waals surface area contributed by atoms with Crippen LogP contribution in [0, 0.1) is 5.82 Å². The van der Waals surface area contributed by atoms with Crippen LogP contribution in [0.4, 0.5) is 4.39 Å². The Morgan fingerprint density at radius 2 is 1.73 bits per heavy atom. The van der Waals surface area contributed by atoms with Crippen LogP contribution in [0.2, 0.25) is 0 Å². The molecule has 2 aliphatic rings. The first-order chi connectivity index (χ1) is 14.5. The summed E-state index contributed by atoms with van der Waals surface area (Å²) in [6.45, 7) is 8.81. The number of carbonyl (C=O) groups is 1. The number of aromatic nitrogens is 2. The maximum absolute atomic E-state index is 13.6. The van der Waals surface area contributed by atoms with Crippen molar-refractivity contribution >= 4 is 16.7 Å². The van der Waals surface area contributed by atoms with Crippen molar-refractivity contribution in [1.29, 1.82) is 0 Å². The zero-order chi connectivity index (χ0) is 21.4. The Labute approximate surface area is 174 Å². The minimum absolute atomic E-state index is 0.0462. The zero-order valence-corrected chi connectivity index (χ0v) is 17.5. The van der Waals surface area contributed by atoms with E-state index in [0.717, 1.165) is 44.4 Å². The van der Waals surface area contributed by atoms with E-state index in [1.165, 1.54) is 16.7 Å². The van der Waals surface area contributed by atoms with Crippen LogP contribution < -0.4 is 5.56 Å². The highest BCUT2D eigenvalue weighted by atomic mass is 19.1. The summed E-state index contributed by atoms with van der Waals surface area (Å²) in [7, 11) is 2.12. The number of rotatable bonds is 2. The lowest BCUT2D eigenvalue weighted by Crippen LogP contribution is -2.43. The summed E-state index contributed by atoms with van der Waals surface area (Å²) in [4.78, 5) is 34.8. The van der Waals surface area contributed by atoms with E-state index in [4.69, 9.17) is 0 Å². The Hall–Kier alpha value is -2.90. The maximum Gasteiger partial charge on any atom is 0.266 e. The van der Waals surface area contributed by atoms with Crippen molar-refractivity contribution in [2.24, 2.45) is 0 Å². The van der Waals surface area contributed by atoms with E-state index >= 15 is 0 Å². The molecule has 7 heteroatoms. The number of likely N-dealkylation sites (N-methyl/N-ethyl adjacent to an activating group) is 1. The van der Waals surface area contributed by atoms with Crippen LogP contribution in [0.3, 0.4) is 0 Å². The third-order valence-corrected chi connectivity index (χ3v) is 5.58. The Balaban J connectivity index is 0.00000106. The monoisotopic (exact) mass is 408 g/mol. The number of fused-ring (bicyclic) bond motifs is 4. The first-order valence-corrected chi connectivity index (χ1v) is 10.3. The summed E-state index contributed by atoms with van der Waals surface area (Å²) in [5.41, 5.74) is 1.81. The van der Waals surface area contributed by atoms with Crippen LogP contribution in [0.5, 0.6) is 0 Å². The molecule has 0 aliphatic carbocycles. The number of benzene rings is 2. The Morgan fingerprint density at radius 3 is 2.47 bits per heavy atom. The molecule has 2 aromatic carbocycles. The van der Waals surface area contributed by atoms with Crippen molar-refractivity contribution in [3.63, 3.8) is 0 Å². The van der Waals surface area contributed by atoms with E-state index < -0.39 is 11.6 Å². The number of hydrogen-bond donors (Lipinski definition) is 0. The van der Waals surface area contributed by atoms with E-state index in [1.807, 2.05) is 26.0 Å². The smallest absolute Gasteiger partial charge is 0.266 e. The van der Waals surface area contributed by atoms with Crippen molar-refractivity contribution in [1.82, 2.24) is 19.4 Å². The molecule has 0 saturated carbocycles. The molecule has 156 valence electrons. The third-order valence-electron chi connectivity index (χ3n) is 5.58. The number of ketones is 1. The molecule has 0 amide bonds. The number of nitrogens with zero attached hydrogens (tertiary/aromatic N) is 4. The standard InChI is InChI=1S/C21H19FN4O2.C2H6/c1-24-6-8-25(9-7-24)12-13-2-4-17-15(10-13)21(28)26-18-5-3-14(22)11-16(18)19(27)20(26)23-17;1-2/h2-5,10-11H,6-9,12H2,1H3;1-2H3. The molecule has 3 aromatic rings. The van der Waals surface area contributed by atoms with Crippen molar-refractivity contribution in [2.45, 2.75) is 20.4 Å². The van der Waals surface area contributed by atoms with E-state index in [1.54, 1.807) is 6.07 Å². The molecule has 0 unspecified atom stereocenters. The van der Waals surface area contributed by atoms with Crippen LogP contribution in [0.25, 0.3) is 16.6 Å². The van der Waals surface area contributed by atoms with Gasteiger partial charge < -0.3 is 4.90 Å². The fourth-order valence-electron chi connectivity index (χ4n) is 3.98. The Bertz CT molecular complexity index is 1180. The number of carbonyl (C=O) groups excluding carboxylic acids is 1. The van der Waals surface area contributed by atoms with Gasteiger partial charge in [0.05, 0.1) is 22.2 Å². The van der Waals surface area contributed by atoms with Crippen LogP contribution in [0.15, 0.2) is 41.2 Å². The molecular formula is C23H25FN4O2. The van der Waals surface area contributed by atoms with Gasteiger partial charge in [-0.05, 0) is 42.9 Å². The predicted molar refractivity (Wildman–Crippen MR) is 115 cm³/mol. The molecule has 5 rings (SSSR count). The second-order valence-electron chi connectivity index (χ2n) is 7.50. The summed E-state index contributed by atoms with van der Waals surface area (Å²) in [6.07, 6.45) is 0. The molecule has 1 saturated heterocycles. The number of halogens is 1. The summed E-state index contributed by atoms with van der Waals surface area (Å²) in [5.74, 6) is -0.882. The highest BCUT2D eigenvalue weighted by Crippen LogP contribution is 2.27. The highest BCUT2D eigenvalue weighted by molar-refractivity contribution is 6.13. The van der Waals surface area contributed by atoms with Gasteiger partial charge in [-0.1, -0.05) is 19.9 Å². The molecule has 3 heterocycles. The third kappa shape index (κ3) is 3.44. The molecule has 0 spiro atoms. The quantitative estimate of drug-likeness (QED) is 0.511. The van der Waals surface area contributed by atoms with Gasteiger partial charge in [0.2, 0.25) is 5.78 Å². The largest absolute Gasteiger partial charge is 0.304 e. The minimum Gasteiger partial charge on any atom is -0.304 e. The second kappa shape index (κ2) is 8.08. The summed E-state index contributed by atoms with van der Waals surface area (Å²) in [5, 5.41) is 0.473. The van der Waals surface area contributed by atoms with Crippen LogP contribution in [-0.2, 0) is 6.54 Å². The fraction of sp³-hybridized carbons (Fsp3) is 0.348. The Morgan fingerprint density at radius 1 is 1.00 bits per heavy atom. The first-order valence-electron chi connectivity index (χ1n) is 10.3. The average Bonchev–Trinajstić information content (AvgIpc) is 3.03. The average molecular weight is 408 g/mol. The lowest BCUT2D eigenvalue weighted by Gasteiger charge is -2.32. The van der Waals surface area contributed by atoms with E-state index in [2.05, 4.69) is 21.8 Å². The molecule has 2 aliphatic heterocycles. The Kier molecular flexibility index (Phi) is 5.49. The van der Waals surface area contributed by atoms with Crippen molar-refractivity contribution < 1.29 is 9.18 Å². The van der Waals surface area contributed by atoms with Crippen molar-refractivity contribution in [2.75, 3.05) is 33.2 Å². The highest BCUT2D eigenvalue weighted by Gasteiger charge is 2.30. The van der Waals surface area contributed by atoms with Gasteiger partial charge >= 0.3 is 0 Å². The van der Waals surface area contributed by atoms with Crippen molar-refractivity contribution in [3.8, 4) is 5.69 Å². The molecule has 1 aromatic heterocycles. The molecule has 30 heavy (non-hydrogen) atoms. The molecule has 0 N–H and O–H groups in total. The summed E-state index contributed by atoms with van der Waals surface area (Å²) < 4.78 is 14.9. The van der Waals surface area contributed by atoms with Gasteiger partial charge in [-0.3, -0.25) is 19.1 Å². The van der Waals surface area contributed by atoms with Gasteiger partial charge in [0.15, 0.2) is 5.82 Å². The lowest BCUT2D eigenvalue weighted by atomic mass is 10.1. The van der Waals surface area contributed by atoms with E-state index in [0.29, 0.717) is 16.6 Å². The first kappa shape index (κ1) is 20.4. The van der Waals surface area contributed by atoms with E-state index in [9.17, 15) is 14.0 Å². The topological polar surface area (TPSA) is 58.4 Å². The SMILES string of the molecule is CC.CN1CCN(Cc2ccc3nc4n(c(=O)c3c2)-c2ccc(F)cc2C4=O)CC1. The van der Waals surface area contributed by atoms with Gasteiger partial charge in [0.25, 0.3) is 5.56 Å². The predicted octanol–water partition coefficient (Wildman–Crippen LogP) is 2.84. The molecule has 6 nitrogen and oxygen atoms in total. The van der Waals surface area contributed by atoms with Crippen LogP contribution in [0.1, 0.15) is 35.6 Å². The lowest BCUT2D eigenvalue weighted by molar-refractivity contribution is 0.103. The molecule has 0 radical (unpaired) electrons. The molecular weight excluding hydrogens is 383 g/mol. The molecule has 0 atom stereocenters. The summed E-state index contributed by atoms with van der Waals surface area (Å²) >= 11 is 0. The van der Waals surface area contributed by atoms with Gasteiger partial charge in [0.1, 0.15) is 5.82 Å². The normalized spacial score (nSPS) is 16.2. The molecule has 1 fully saturated rings. The number of hydrogen-bond acceptors (Lipinski definition) is 5. The van der Waals surface area contributed by atoms with Crippen LogP contribution in [-0.4, -0.2) is 58.4 Å². The maximum atomic E-state index is 13.6. The zero-order valence-electron chi connectivity index (χ0n) is 17.5. The summed E-state index contributed by atoms with van der Waals surface area (Å²) in [6, 6.07) is 9.48. The van der Waals surface area contributed by atoms with Crippen molar-refractivity contribution in [3.05, 3.63) is 69.5 Å². The van der Waals surface area contributed by atoms with Gasteiger partial charge in [0, 0.05) is 32.7 Å². The van der Waals surface area contributed by atoms with Gasteiger partial charge in [-0.2, -0.15) is 0 Å². The van der Waals surface area contributed by atoms with Gasteiger partial charge in [-0.25, -0.2) is 9.37 Å². The van der Waals surface area contributed by atoms with E-state index in [-0.39, 0.29) is 16.9 Å². The second-order valence-corrected chi connectivity index (χ2v) is 7.50. The fourth-order valence-corrected chi connectivity index (χ4v) is 3.98. The van der Waals surface area contributed by atoms with Crippen LogP contribution >= 0.6 is 0 Å². The van der Waals surface area contributed by atoms with Gasteiger partial charge in [-0.15, -0.1) is 0 Å². The molecule has 0 bridgehead atoms. The number of piperazine rings is 1. The minimum atomic E-state index is -0.507.